The van der Waals surface area contributed by atoms with Crippen molar-refractivity contribution in [1.29, 1.82) is 0 Å². The molecule has 9 heteroatoms. The molecule has 3 aromatic rings. The Hall–Kier alpha value is -2.78. The normalized spacial score (nSPS) is 19.2. The Bertz CT molecular complexity index is 1170. The average molecular weight is 438 g/mol. The van der Waals surface area contributed by atoms with E-state index in [-0.39, 0.29) is 5.56 Å². The minimum atomic E-state index is -0.0374. The van der Waals surface area contributed by atoms with E-state index in [0.717, 1.165) is 66.6 Å². The Morgan fingerprint density at radius 1 is 1.12 bits per heavy atom. The van der Waals surface area contributed by atoms with E-state index in [1.54, 1.807) is 10.7 Å². The third-order valence-corrected chi connectivity index (χ3v) is 6.45. The highest BCUT2D eigenvalue weighted by Crippen LogP contribution is 2.19. The SMILES string of the molecule is Cc1cc(NCC2CCCCN2CCn2nc3c(cc2=O)COCC3)n2nc(C)cc2n1. The van der Waals surface area contributed by atoms with Crippen LogP contribution >= 0.6 is 0 Å². The maximum absolute atomic E-state index is 12.5. The van der Waals surface area contributed by atoms with Crippen molar-refractivity contribution < 1.29 is 4.74 Å². The first-order valence-corrected chi connectivity index (χ1v) is 11.6. The quantitative estimate of drug-likeness (QED) is 0.630. The second kappa shape index (κ2) is 8.99. The van der Waals surface area contributed by atoms with E-state index >= 15 is 0 Å². The van der Waals surface area contributed by atoms with Crippen molar-refractivity contribution in [3.63, 3.8) is 0 Å². The predicted octanol–water partition coefficient (Wildman–Crippen LogP) is 1.94. The van der Waals surface area contributed by atoms with Crippen LogP contribution < -0.4 is 10.9 Å². The Morgan fingerprint density at radius 2 is 2.03 bits per heavy atom. The predicted molar refractivity (Wildman–Crippen MR) is 122 cm³/mol. The summed E-state index contributed by atoms with van der Waals surface area (Å²) in [6.45, 7) is 8.48. The van der Waals surface area contributed by atoms with Crippen LogP contribution in [0.4, 0.5) is 5.82 Å². The second-order valence-corrected chi connectivity index (χ2v) is 8.89. The van der Waals surface area contributed by atoms with Crippen LogP contribution in [0.1, 0.15) is 41.9 Å². The maximum atomic E-state index is 12.5. The molecule has 0 saturated carbocycles. The molecule has 1 saturated heterocycles. The van der Waals surface area contributed by atoms with Gasteiger partial charge in [0.05, 0.1) is 31.1 Å². The number of aryl methyl sites for hydroxylation is 2. The van der Waals surface area contributed by atoms with Gasteiger partial charge in [0.15, 0.2) is 5.65 Å². The fourth-order valence-electron chi connectivity index (χ4n) is 4.78. The monoisotopic (exact) mass is 437 g/mol. The van der Waals surface area contributed by atoms with Gasteiger partial charge >= 0.3 is 0 Å². The highest BCUT2D eigenvalue weighted by atomic mass is 16.5. The molecule has 32 heavy (non-hydrogen) atoms. The third-order valence-electron chi connectivity index (χ3n) is 6.45. The molecule has 1 unspecified atom stereocenters. The zero-order chi connectivity index (χ0) is 22.1. The average Bonchev–Trinajstić information content (AvgIpc) is 3.16. The Labute approximate surface area is 187 Å². The second-order valence-electron chi connectivity index (χ2n) is 8.89. The zero-order valence-corrected chi connectivity index (χ0v) is 18.9. The number of piperidine rings is 1. The standard InChI is InChI=1S/C23H31N7O2/c1-16-11-21(30-22(25-16)12-17(2)26-30)24-14-19-5-3-4-7-28(19)8-9-29-23(31)13-18-15-32-10-6-20(18)27-29/h11-13,19,24H,3-10,14-15H2,1-2H3. The van der Waals surface area contributed by atoms with Gasteiger partial charge in [-0.25, -0.2) is 9.67 Å². The molecule has 5 rings (SSSR count). The summed E-state index contributed by atoms with van der Waals surface area (Å²) in [5.74, 6) is 0.973. The summed E-state index contributed by atoms with van der Waals surface area (Å²) in [6, 6.07) is 6.15. The first-order valence-electron chi connectivity index (χ1n) is 11.6. The number of fused-ring (bicyclic) bond motifs is 2. The Morgan fingerprint density at radius 3 is 2.94 bits per heavy atom. The highest BCUT2D eigenvalue weighted by Gasteiger charge is 2.23. The number of rotatable bonds is 6. The summed E-state index contributed by atoms with van der Waals surface area (Å²) in [7, 11) is 0. The molecular weight excluding hydrogens is 406 g/mol. The van der Waals surface area contributed by atoms with Gasteiger partial charge in [-0.05, 0) is 33.2 Å². The van der Waals surface area contributed by atoms with Gasteiger partial charge in [0.25, 0.3) is 5.56 Å². The van der Waals surface area contributed by atoms with Crippen LogP contribution in [0.15, 0.2) is 23.0 Å². The van der Waals surface area contributed by atoms with E-state index in [1.807, 2.05) is 30.5 Å². The van der Waals surface area contributed by atoms with Crippen molar-refractivity contribution in [1.82, 2.24) is 29.3 Å². The van der Waals surface area contributed by atoms with Crippen LogP contribution in [-0.4, -0.2) is 61.6 Å². The van der Waals surface area contributed by atoms with E-state index in [0.29, 0.717) is 25.8 Å². The molecule has 170 valence electrons. The lowest BCUT2D eigenvalue weighted by Gasteiger charge is -2.36. The van der Waals surface area contributed by atoms with E-state index in [9.17, 15) is 4.79 Å². The molecule has 0 amide bonds. The first-order chi connectivity index (χ1) is 15.6. The lowest BCUT2D eigenvalue weighted by molar-refractivity contribution is 0.107. The van der Waals surface area contributed by atoms with E-state index in [2.05, 4.69) is 25.4 Å². The van der Waals surface area contributed by atoms with Gasteiger partial charge in [-0.15, -0.1) is 0 Å². The molecule has 0 radical (unpaired) electrons. The molecule has 0 bridgehead atoms. The van der Waals surface area contributed by atoms with Crippen molar-refractivity contribution in [3.05, 3.63) is 51.2 Å². The summed E-state index contributed by atoms with van der Waals surface area (Å²) >= 11 is 0. The molecule has 1 atom stereocenters. The topological polar surface area (TPSA) is 89.6 Å². The Kier molecular flexibility index (Phi) is 5.93. The summed E-state index contributed by atoms with van der Waals surface area (Å²) < 4.78 is 8.96. The fourth-order valence-corrected chi connectivity index (χ4v) is 4.78. The van der Waals surface area contributed by atoms with Crippen molar-refractivity contribution in [3.8, 4) is 0 Å². The summed E-state index contributed by atoms with van der Waals surface area (Å²) in [5, 5.41) is 12.8. The van der Waals surface area contributed by atoms with Crippen LogP contribution in [0.5, 0.6) is 0 Å². The number of aromatic nitrogens is 5. The number of anilines is 1. The minimum Gasteiger partial charge on any atom is -0.376 e. The lowest BCUT2D eigenvalue weighted by atomic mass is 10.0. The van der Waals surface area contributed by atoms with Crippen LogP contribution in [0, 0.1) is 13.8 Å². The number of ether oxygens (including phenoxy) is 1. The van der Waals surface area contributed by atoms with Crippen molar-refractivity contribution in [2.24, 2.45) is 0 Å². The van der Waals surface area contributed by atoms with Crippen molar-refractivity contribution >= 4 is 11.5 Å². The minimum absolute atomic E-state index is 0.0374. The zero-order valence-electron chi connectivity index (χ0n) is 18.9. The van der Waals surface area contributed by atoms with E-state index in [1.165, 1.54) is 12.8 Å². The van der Waals surface area contributed by atoms with Crippen LogP contribution in [-0.2, 0) is 24.3 Å². The fraction of sp³-hybridized carbons (Fsp3) is 0.565. The van der Waals surface area contributed by atoms with Gasteiger partial charge in [0, 0.05) is 55.0 Å². The summed E-state index contributed by atoms with van der Waals surface area (Å²) in [4.78, 5) is 19.6. The van der Waals surface area contributed by atoms with Gasteiger partial charge < -0.3 is 10.1 Å². The molecule has 9 nitrogen and oxygen atoms in total. The van der Waals surface area contributed by atoms with Gasteiger partial charge in [-0.1, -0.05) is 6.42 Å². The summed E-state index contributed by atoms with van der Waals surface area (Å²) in [6.07, 6.45) is 4.34. The molecule has 1 fully saturated rings. The highest BCUT2D eigenvalue weighted by molar-refractivity contribution is 5.50. The smallest absolute Gasteiger partial charge is 0.267 e. The van der Waals surface area contributed by atoms with Crippen molar-refractivity contribution in [2.75, 3.05) is 31.6 Å². The van der Waals surface area contributed by atoms with Gasteiger partial charge in [-0.3, -0.25) is 9.69 Å². The Balaban J connectivity index is 1.27. The van der Waals surface area contributed by atoms with Crippen LogP contribution in [0.3, 0.4) is 0 Å². The molecular formula is C23H31N7O2. The summed E-state index contributed by atoms with van der Waals surface area (Å²) in [5.41, 5.74) is 4.70. The maximum Gasteiger partial charge on any atom is 0.267 e. The molecule has 2 aliphatic heterocycles. The number of hydrogen-bond acceptors (Lipinski definition) is 7. The number of likely N-dealkylation sites (tertiary alicyclic amines) is 1. The molecule has 0 aromatic carbocycles. The van der Waals surface area contributed by atoms with Crippen molar-refractivity contribution in [2.45, 2.75) is 58.7 Å². The number of nitrogens with zero attached hydrogens (tertiary/aromatic N) is 6. The lowest BCUT2D eigenvalue weighted by Crippen LogP contribution is -2.46. The van der Waals surface area contributed by atoms with Gasteiger partial charge in [0.1, 0.15) is 5.82 Å². The largest absolute Gasteiger partial charge is 0.376 e. The van der Waals surface area contributed by atoms with Gasteiger partial charge in [0.2, 0.25) is 0 Å². The van der Waals surface area contributed by atoms with Crippen LogP contribution in [0.25, 0.3) is 5.65 Å². The number of hydrogen-bond donors (Lipinski definition) is 1. The molecule has 0 aliphatic carbocycles. The first kappa shape index (κ1) is 21.1. The van der Waals surface area contributed by atoms with E-state index in [4.69, 9.17) is 4.74 Å². The van der Waals surface area contributed by atoms with Gasteiger partial charge in [-0.2, -0.15) is 14.7 Å². The molecule has 2 aliphatic rings. The molecule has 3 aromatic heterocycles. The van der Waals surface area contributed by atoms with E-state index < -0.39 is 0 Å². The molecule has 1 N–H and O–H groups in total. The number of nitrogens with one attached hydrogen (secondary N) is 1. The van der Waals surface area contributed by atoms with Crippen LogP contribution in [0.2, 0.25) is 0 Å². The molecule has 0 spiro atoms. The third kappa shape index (κ3) is 4.40. The molecule has 5 heterocycles.